The molecular formula is C16H20BrNO. The maximum Gasteiger partial charge on any atom is 0.166 e. The highest BCUT2D eigenvalue weighted by Crippen LogP contribution is 2.46. The van der Waals surface area contributed by atoms with E-state index in [0.29, 0.717) is 23.3 Å². The van der Waals surface area contributed by atoms with Crippen LogP contribution >= 0.6 is 15.9 Å². The summed E-state index contributed by atoms with van der Waals surface area (Å²) in [6, 6.07) is 5.60. The molecule has 2 N–H and O–H groups in total. The largest absolute Gasteiger partial charge is 0.398 e. The van der Waals surface area contributed by atoms with Gasteiger partial charge in [0.1, 0.15) is 0 Å². The van der Waals surface area contributed by atoms with Crippen molar-refractivity contribution in [2.24, 2.45) is 17.8 Å². The molecule has 2 aliphatic rings. The third-order valence-corrected chi connectivity index (χ3v) is 5.59. The van der Waals surface area contributed by atoms with Crippen molar-refractivity contribution >= 4 is 27.4 Å². The lowest BCUT2D eigenvalue weighted by molar-refractivity contribution is 0.0578. The summed E-state index contributed by atoms with van der Waals surface area (Å²) in [5.41, 5.74) is 7.32. The highest BCUT2D eigenvalue weighted by molar-refractivity contribution is 9.10. The number of ketones is 1. The molecule has 0 amide bonds. The Hall–Kier alpha value is -0.830. The molecule has 0 heterocycles. The molecule has 0 radical (unpaired) electrons. The SMILES string of the molecule is Nc1ccc(C(=O)C(C2CCC2)C2CCC2)cc1Br. The minimum absolute atomic E-state index is 0.262. The number of Topliss-reactive ketones (excluding diaryl/α,β-unsaturated/α-hetero) is 1. The topological polar surface area (TPSA) is 43.1 Å². The standard InChI is InChI=1S/C16H20BrNO/c17-13-9-12(7-8-14(13)18)16(19)15(10-3-1-4-10)11-5-2-6-11/h7-11,15H,1-6,18H2. The van der Waals surface area contributed by atoms with Crippen LogP contribution in [0.1, 0.15) is 48.9 Å². The monoisotopic (exact) mass is 321 g/mol. The van der Waals surface area contributed by atoms with Gasteiger partial charge in [-0.2, -0.15) is 0 Å². The van der Waals surface area contributed by atoms with Crippen molar-refractivity contribution in [3.05, 3.63) is 28.2 Å². The van der Waals surface area contributed by atoms with E-state index in [1.54, 1.807) is 0 Å². The van der Waals surface area contributed by atoms with Crippen molar-refractivity contribution in [3.8, 4) is 0 Å². The average molecular weight is 322 g/mol. The van der Waals surface area contributed by atoms with Gasteiger partial charge in [0.05, 0.1) is 0 Å². The molecule has 0 aliphatic heterocycles. The Bertz CT molecular complexity index is 478. The van der Waals surface area contributed by atoms with Gasteiger partial charge in [0, 0.05) is 21.6 Å². The third kappa shape index (κ3) is 2.45. The van der Waals surface area contributed by atoms with Crippen LogP contribution in [0.5, 0.6) is 0 Å². The molecule has 0 unspecified atom stereocenters. The fraction of sp³-hybridized carbons (Fsp3) is 0.562. The van der Waals surface area contributed by atoms with Crippen LogP contribution in [0.25, 0.3) is 0 Å². The van der Waals surface area contributed by atoms with E-state index in [9.17, 15) is 4.79 Å². The number of anilines is 1. The van der Waals surface area contributed by atoms with Crippen molar-refractivity contribution in [1.82, 2.24) is 0 Å². The minimum Gasteiger partial charge on any atom is -0.398 e. The molecule has 2 saturated carbocycles. The summed E-state index contributed by atoms with van der Waals surface area (Å²) in [7, 11) is 0. The lowest BCUT2D eigenvalue weighted by atomic mass is 9.62. The van der Waals surface area contributed by atoms with E-state index in [0.717, 1.165) is 10.0 Å². The number of halogens is 1. The first-order chi connectivity index (χ1) is 9.16. The number of benzene rings is 1. The first kappa shape index (κ1) is 13.2. The quantitative estimate of drug-likeness (QED) is 0.658. The van der Waals surface area contributed by atoms with E-state index in [2.05, 4.69) is 15.9 Å². The summed E-state index contributed by atoms with van der Waals surface area (Å²) in [5.74, 6) is 1.87. The zero-order valence-corrected chi connectivity index (χ0v) is 12.7. The lowest BCUT2D eigenvalue weighted by Crippen LogP contribution is -2.37. The van der Waals surface area contributed by atoms with E-state index >= 15 is 0 Å². The predicted molar refractivity (Wildman–Crippen MR) is 81.1 cm³/mol. The maximum atomic E-state index is 12.8. The Morgan fingerprint density at radius 1 is 1.16 bits per heavy atom. The Balaban J connectivity index is 1.84. The van der Waals surface area contributed by atoms with E-state index < -0.39 is 0 Å². The zero-order valence-electron chi connectivity index (χ0n) is 11.1. The maximum absolute atomic E-state index is 12.8. The van der Waals surface area contributed by atoms with Crippen LogP contribution in [0.2, 0.25) is 0 Å². The van der Waals surface area contributed by atoms with E-state index in [1.165, 1.54) is 38.5 Å². The van der Waals surface area contributed by atoms with E-state index in [1.807, 2.05) is 18.2 Å². The Morgan fingerprint density at radius 2 is 1.74 bits per heavy atom. The van der Waals surface area contributed by atoms with E-state index in [-0.39, 0.29) is 5.92 Å². The highest BCUT2D eigenvalue weighted by atomic mass is 79.9. The molecule has 3 rings (SSSR count). The Kier molecular flexibility index (Phi) is 3.66. The summed E-state index contributed by atoms with van der Waals surface area (Å²) in [5, 5.41) is 0. The van der Waals surface area contributed by atoms with Crippen LogP contribution in [0.4, 0.5) is 5.69 Å². The molecule has 1 aromatic rings. The van der Waals surface area contributed by atoms with Crippen molar-refractivity contribution < 1.29 is 4.79 Å². The first-order valence-electron chi connectivity index (χ1n) is 7.26. The molecular weight excluding hydrogens is 302 g/mol. The van der Waals surface area contributed by atoms with Gasteiger partial charge in [0.15, 0.2) is 5.78 Å². The molecule has 0 bridgehead atoms. The van der Waals surface area contributed by atoms with Gasteiger partial charge in [0.2, 0.25) is 0 Å². The lowest BCUT2D eigenvalue weighted by Gasteiger charge is -2.41. The molecule has 19 heavy (non-hydrogen) atoms. The Labute approximate surface area is 122 Å². The number of rotatable bonds is 4. The van der Waals surface area contributed by atoms with Crippen molar-refractivity contribution in [3.63, 3.8) is 0 Å². The number of hydrogen-bond acceptors (Lipinski definition) is 2. The van der Waals surface area contributed by atoms with Gasteiger partial charge < -0.3 is 5.73 Å². The number of carbonyl (C=O) groups is 1. The second kappa shape index (κ2) is 5.28. The number of nitrogen functional groups attached to an aromatic ring is 1. The summed E-state index contributed by atoms with van der Waals surface area (Å²) in [6.45, 7) is 0. The van der Waals surface area contributed by atoms with Crippen LogP contribution in [-0.2, 0) is 0 Å². The predicted octanol–water partition coefficient (Wildman–Crippen LogP) is 4.43. The fourth-order valence-electron chi connectivity index (χ4n) is 3.28. The van der Waals surface area contributed by atoms with E-state index in [4.69, 9.17) is 5.73 Å². The van der Waals surface area contributed by atoms with Crippen molar-refractivity contribution in [1.29, 1.82) is 0 Å². The van der Waals surface area contributed by atoms with Gasteiger partial charge in [-0.25, -0.2) is 0 Å². The highest BCUT2D eigenvalue weighted by Gasteiger charge is 2.40. The molecule has 102 valence electrons. The number of nitrogens with two attached hydrogens (primary N) is 1. The summed E-state index contributed by atoms with van der Waals surface area (Å²) in [6.07, 6.45) is 7.55. The zero-order chi connectivity index (χ0) is 13.4. The third-order valence-electron chi connectivity index (χ3n) is 4.90. The Morgan fingerprint density at radius 3 is 2.16 bits per heavy atom. The summed E-state index contributed by atoms with van der Waals surface area (Å²) in [4.78, 5) is 12.8. The molecule has 0 spiro atoms. The fourth-order valence-corrected chi connectivity index (χ4v) is 3.66. The van der Waals surface area contributed by atoms with Crippen LogP contribution < -0.4 is 5.73 Å². The second-order valence-electron chi connectivity index (χ2n) is 6.01. The average Bonchev–Trinajstić information content (AvgIpc) is 2.26. The normalized spacial score (nSPS) is 20.1. The molecule has 2 nitrogen and oxygen atoms in total. The molecule has 3 heteroatoms. The minimum atomic E-state index is 0.262. The molecule has 1 aromatic carbocycles. The van der Waals surface area contributed by atoms with Gasteiger partial charge in [-0.1, -0.05) is 12.8 Å². The first-order valence-corrected chi connectivity index (χ1v) is 8.05. The molecule has 0 aromatic heterocycles. The van der Waals surface area contributed by atoms with Gasteiger partial charge in [-0.05, 0) is 71.6 Å². The number of carbonyl (C=O) groups excluding carboxylic acids is 1. The second-order valence-corrected chi connectivity index (χ2v) is 6.86. The van der Waals surface area contributed by atoms with Crippen molar-refractivity contribution in [2.75, 3.05) is 5.73 Å². The van der Waals surface area contributed by atoms with Crippen LogP contribution in [0.3, 0.4) is 0 Å². The molecule has 2 fully saturated rings. The van der Waals surface area contributed by atoms with Crippen LogP contribution in [0, 0.1) is 17.8 Å². The molecule has 0 saturated heterocycles. The molecule has 2 aliphatic carbocycles. The van der Waals surface area contributed by atoms with Gasteiger partial charge in [0.25, 0.3) is 0 Å². The number of hydrogen-bond donors (Lipinski definition) is 1. The smallest absolute Gasteiger partial charge is 0.166 e. The van der Waals surface area contributed by atoms with Gasteiger partial charge in [-0.3, -0.25) is 4.79 Å². The summed E-state index contributed by atoms with van der Waals surface area (Å²) >= 11 is 3.42. The van der Waals surface area contributed by atoms with Crippen molar-refractivity contribution in [2.45, 2.75) is 38.5 Å². The van der Waals surface area contributed by atoms with Crippen LogP contribution in [-0.4, -0.2) is 5.78 Å². The summed E-state index contributed by atoms with van der Waals surface area (Å²) < 4.78 is 0.833. The van der Waals surface area contributed by atoms with Gasteiger partial charge in [-0.15, -0.1) is 0 Å². The molecule has 0 atom stereocenters. The van der Waals surface area contributed by atoms with Gasteiger partial charge >= 0.3 is 0 Å². The van der Waals surface area contributed by atoms with Crippen LogP contribution in [0.15, 0.2) is 22.7 Å².